The summed E-state index contributed by atoms with van der Waals surface area (Å²) >= 11 is 5.74. The summed E-state index contributed by atoms with van der Waals surface area (Å²) in [6.07, 6.45) is 5.48. The summed E-state index contributed by atoms with van der Waals surface area (Å²) in [7, 11) is 0. The van der Waals surface area contributed by atoms with Gasteiger partial charge < -0.3 is 5.32 Å². The van der Waals surface area contributed by atoms with Crippen molar-refractivity contribution >= 4 is 17.5 Å². The molecule has 0 heterocycles. The van der Waals surface area contributed by atoms with Gasteiger partial charge in [-0.15, -0.1) is 11.6 Å². The van der Waals surface area contributed by atoms with Crippen LogP contribution in [-0.2, 0) is 4.79 Å². The van der Waals surface area contributed by atoms with Crippen LogP contribution in [0.15, 0.2) is 0 Å². The number of carbonyl (C=O) groups excluding carboxylic acids is 1. The van der Waals surface area contributed by atoms with E-state index < -0.39 is 0 Å². The first-order valence-corrected chi connectivity index (χ1v) is 6.90. The predicted molar refractivity (Wildman–Crippen MR) is 68.7 cm³/mol. The van der Waals surface area contributed by atoms with Gasteiger partial charge in [0.2, 0.25) is 5.91 Å². The van der Waals surface area contributed by atoms with Gasteiger partial charge in [-0.1, -0.05) is 26.7 Å². The lowest BCUT2D eigenvalue weighted by Gasteiger charge is -2.30. The van der Waals surface area contributed by atoms with Crippen LogP contribution in [0.2, 0.25) is 0 Å². The third-order valence-corrected chi connectivity index (χ3v) is 3.91. The summed E-state index contributed by atoms with van der Waals surface area (Å²) in [4.78, 5) is 12.3. The minimum atomic E-state index is -0.103. The van der Waals surface area contributed by atoms with Crippen molar-refractivity contribution in [2.24, 2.45) is 11.3 Å². The van der Waals surface area contributed by atoms with Crippen molar-refractivity contribution in [2.75, 3.05) is 5.88 Å². The van der Waals surface area contributed by atoms with Gasteiger partial charge in [0.1, 0.15) is 0 Å². The van der Waals surface area contributed by atoms with Gasteiger partial charge in [0.05, 0.1) is 0 Å². The van der Waals surface area contributed by atoms with Crippen molar-refractivity contribution in [1.29, 1.82) is 0 Å². The second kappa shape index (κ2) is 5.90. The molecule has 0 bridgehead atoms. The fourth-order valence-corrected chi connectivity index (χ4v) is 2.85. The van der Waals surface area contributed by atoms with Crippen LogP contribution >= 0.6 is 11.6 Å². The molecule has 1 aliphatic rings. The molecular weight excluding hydrogens is 222 g/mol. The Morgan fingerprint density at radius 2 is 1.88 bits per heavy atom. The van der Waals surface area contributed by atoms with Gasteiger partial charge in [-0.2, -0.15) is 0 Å². The molecule has 1 amide bonds. The molecule has 0 aromatic carbocycles. The number of hydrogen-bond donors (Lipinski definition) is 1. The van der Waals surface area contributed by atoms with Crippen molar-refractivity contribution in [3.8, 4) is 0 Å². The van der Waals surface area contributed by atoms with Crippen LogP contribution in [0.25, 0.3) is 0 Å². The highest BCUT2D eigenvalue weighted by molar-refractivity contribution is 6.18. The molecule has 1 N–H and O–H groups in total. The lowest BCUT2D eigenvalue weighted by molar-refractivity contribution is -0.132. The van der Waals surface area contributed by atoms with Crippen molar-refractivity contribution in [1.82, 2.24) is 5.32 Å². The lowest BCUT2D eigenvalue weighted by Crippen LogP contribution is -2.44. The highest BCUT2D eigenvalue weighted by atomic mass is 35.5. The molecule has 94 valence electrons. The fraction of sp³-hybridized carbons (Fsp3) is 0.923. The molecule has 1 unspecified atom stereocenters. The van der Waals surface area contributed by atoms with E-state index >= 15 is 0 Å². The Morgan fingerprint density at radius 3 is 2.31 bits per heavy atom. The van der Waals surface area contributed by atoms with E-state index in [-0.39, 0.29) is 17.4 Å². The molecule has 0 spiro atoms. The van der Waals surface area contributed by atoms with Crippen molar-refractivity contribution in [2.45, 2.75) is 58.9 Å². The van der Waals surface area contributed by atoms with Gasteiger partial charge in [0.25, 0.3) is 0 Å². The number of carbonyl (C=O) groups is 1. The van der Waals surface area contributed by atoms with E-state index in [1.807, 2.05) is 6.92 Å². The first-order valence-electron chi connectivity index (χ1n) is 6.37. The Balaban J connectivity index is 2.65. The summed E-state index contributed by atoms with van der Waals surface area (Å²) in [5.74, 6) is 1.30. The zero-order chi connectivity index (χ0) is 12.2. The van der Waals surface area contributed by atoms with E-state index in [1.54, 1.807) is 0 Å². The Hall–Kier alpha value is -0.240. The first-order chi connectivity index (χ1) is 7.50. The molecule has 0 saturated heterocycles. The molecule has 16 heavy (non-hydrogen) atoms. The topological polar surface area (TPSA) is 29.1 Å². The van der Waals surface area contributed by atoms with E-state index in [4.69, 9.17) is 11.6 Å². The highest BCUT2D eigenvalue weighted by Crippen LogP contribution is 2.43. The monoisotopic (exact) mass is 245 g/mol. The fourth-order valence-electron chi connectivity index (χ4n) is 2.77. The quantitative estimate of drug-likeness (QED) is 0.740. The largest absolute Gasteiger partial charge is 0.352 e. The zero-order valence-corrected chi connectivity index (χ0v) is 11.4. The zero-order valence-electron chi connectivity index (χ0n) is 10.7. The Labute approximate surface area is 104 Å². The van der Waals surface area contributed by atoms with Gasteiger partial charge >= 0.3 is 0 Å². The summed E-state index contributed by atoms with van der Waals surface area (Å²) < 4.78 is 0. The normalized spacial score (nSPS) is 21.1. The van der Waals surface area contributed by atoms with Crippen LogP contribution in [0.1, 0.15) is 52.9 Å². The molecule has 0 aromatic rings. The summed E-state index contributed by atoms with van der Waals surface area (Å²) in [5, 5.41) is 3.05. The molecule has 0 aromatic heterocycles. The minimum absolute atomic E-state index is 0.0822. The van der Waals surface area contributed by atoms with Crippen LogP contribution in [-0.4, -0.2) is 17.8 Å². The molecule has 1 rings (SSSR count). The highest BCUT2D eigenvalue weighted by Gasteiger charge is 2.41. The summed E-state index contributed by atoms with van der Waals surface area (Å²) in [6.45, 7) is 6.35. The maximum atomic E-state index is 12.3. The second-order valence-electron chi connectivity index (χ2n) is 5.61. The molecule has 0 aliphatic heterocycles. The van der Waals surface area contributed by atoms with Gasteiger partial charge in [0, 0.05) is 17.3 Å². The standard InChI is InChI=1S/C13H24ClNO/c1-10(2)8-13(6-4-5-7-13)12(16)15-11(3)9-14/h10-11H,4-9H2,1-3H3,(H,15,16). The lowest BCUT2D eigenvalue weighted by atomic mass is 9.77. The number of nitrogens with one attached hydrogen (secondary N) is 1. The SMILES string of the molecule is CC(C)CC1(C(=O)NC(C)CCl)CCCC1. The maximum Gasteiger partial charge on any atom is 0.226 e. The Kier molecular flexibility index (Phi) is 5.10. The van der Waals surface area contributed by atoms with Crippen LogP contribution in [0.4, 0.5) is 0 Å². The third-order valence-electron chi connectivity index (χ3n) is 3.45. The van der Waals surface area contributed by atoms with E-state index in [2.05, 4.69) is 19.2 Å². The Bertz CT molecular complexity index is 234. The summed E-state index contributed by atoms with van der Waals surface area (Å²) in [6, 6.07) is 0.0822. The third kappa shape index (κ3) is 3.38. The molecule has 0 radical (unpaired) electrons. The predicted octanol–water partition coefficient (Wildman–Crippen LogP) is 3.34. The van der Waals surface area contributed by atoms with E-state index in [0.717, 1.165) is 19.3 Å². The van der Waals surface area contributed by atoms with Crippen molar-refractivity contribution < 1.29 is 4.79 Å². The van der Waals surface area contributed by atoms with E-state index in [9.17, 15) is 4.79 Å². The number of halogens is 1. The number of alkyl halides is 1. The van der Waals surface area contributed by atoms with E-state index in [1.165, 1.54) is 12.8 Å². The van der Waals surface area contributed by atoms with Crippen molar-refractivity contribution in [3.63, 3.8) is 0 Å². The van der Waals surface area contributed by atoms with Gasteiger partial charge in [-0.3, -0.25) is 4.79 Å². The van der Waals surface area contributed by atoms with Gasteiger partial charge in [-0.25, -0.2) is 0 Å². The van der Waals surface area contributed by atoms with Gasteiger partial charge in [-0.05, 0) is 32.1 Å². The minimum Gasteiger partial charge on any atom is -0.352 e. The second-order valence-corrected chi connectivity index (χ2v) is 5.92. The molecule has 1 saturated carbocycles. The Morgan fingerprint density at radius 1 is 1.31 bits per heavy atom. The average Bonchev–Trinajstić information content (AvgIpc) is 2.66. The molecular formula is C13H24ClNO. The molecule has 1 fully saturated rings. The van der Waals surface area contributed by atoms with Crippen LogP contribution in [0.3, 0.4) is 0 Å². The first kappa shape index (κ1) is 13.8. The molecule has 1 aliphatic carbocycles. The van der Waals surface area contributed by atoms with Crippen molar-refractivity contribution in [3.05, 3.63) is 0 Å². The summed E-state index contributed by atoms with van der Waals surface area (Å²) in [5.41, 5.74) is -0.103. The average molecular weight is 246 g/mol. The number of rotatable bonds is 5. The molecule has 1 atom stereocenters. The van der Waals surface area contributed by atoms with Crippen LogP contribution < -0.4 is 5.32 Å². The van der Waals surface area contributed by atoms with E-state index in [0.29, 0.717) is 11.8 Å². The van der Waals surface area contributed by atoms with Crippen LogP contribution in [0, 0.1) is 11.3 Å². The number of hydrogen-bond acceptors (Lipinski definition) is 1. The smallest absolute Gasteiger partial charge is 0.226 e. The maximum absolute atomic E-state index is 12.3. The number of amides is 1. The molecule has 2 nitrogen and oxygen atoms in total. The van der Waals surface area contributed by atoms with Crippen LogP contribution in [0.5, 0.6) is 0 Å². The molecule has 3 heteroatoms. The van der Waals surface area contributed by atoms with Gasteiger partial charge in [0.15, 0.2) is 0 Å².